The number of likely N-dealkylation sites (tertiary alicyclic amines) is 1. The van der Waals surface area contributed by atoms with Crippen LogP contribution in [0.15, 0.2) is 60.0 Å². The number of rotatable bonds is 7. The number of hydrogen-bond acceptors (Lipinski definition) is 6. The number of hydrogen-bond donors (Lipinski definition) is 1. The van der Waals surface area contributed by atoms with E-state index in [-0.39, 0.29) is 23.3 Å². The Morgan fingerprint density at radius 2 is 1.76 bits per heavy atom. The van der Waals surface area contributed by atoms with E-state index >= 15 is 0 Å². The highest BCUT2D eigenvalue weighted by molar-refractivity contribution is 7.10. The molecule has 2 fully saturated rings. The van der Waals surface area contributed by atoms with Gasteiger partial charge in [0.15, 0.2) is 5.78 Å². The number of carbonyl (C=O) groups excluding carboxylic acids is 3. The van der Waals surface area contributed by atoms with E-state index in [1.165, 1.54) is 28.4 Å². The van der Waals surface area contributed by atoms with Gasteiger partial charge in [-0.05, 0) is 54.8 Å². The quantitative estimate of drug-likeness (QED) is 0.258. The van der Waals surface area contributed by atoms with E-state index in [4.69, 9.17) is 5.73 Å². The molecule has 2 aromatic carbocycles. The SMILES string of the molecule is Cc1ccccc1C(=O)C1C(c2sccc2C)C(C(N)=O)N(C(=O)C2CCC2)C1c1cccc([N+](=O)[O-])c1. The van der Waals surface area contributed by atoms with Gasteiger partial charge >= 0.3 is 0 Å². The van der Waals surface area contributed by atoms with E-state index < -0.39 is 34.7 Å². The van der Waals surface area contributed by atoms with Crippen molar-refractivity contribution in [3.63, 3.8) is 0 Å². The summed E-state index contributed by atoms with van der Waals surface area (Å²) in [6.45, 7) is 3.76. The van der Waals surface area contributed by atoms with E-state index in [2.05, 4.69) is 0 Å². The number of aryl methyl sites for hydroxylation is 2. The van der Waals surface area contributed by atoms with E-state index in [0.29, 0.717) is 24.0 Å². The zero-order valence-corrected chi connectivity index (χ0v) is 22.0. The third-order valence-electron chi connectivity index (χ3n) is 8.01. The number of Topliss-reactive ketones (excluding diaryl/α,β-unsaturated/α-hetero) is 1. The van der Waals surface area contributed by atoms with Crippen molar-refractivity contribution in [2.75, 3.05) is 0 Å². The van der Waals surface area contributed by atoms with Crippen molar-refractivity contribution in [3.05, 3.63) is 97.2 Å². The number of primary amides is 1. The lowest BCUT2D eigenvalue weighted by Crippen LogP contribution is -2.49. The van der Waals surface area contributed by atoms with Crippen LogP contribution in [0.5, 0.6) is 0 Å². The number of nitrogens with two attached hydrogens (primary N) is 1. The van der Waals surface area contributed by atoms with Gasteiger partial charge < -0.3 is 10.6 Å². The Labute approximate surface area is 224 Å². The molecular formula is C29H29N3O5S. The van der Waals surface area contributed by atoms with Crippen molar-refractivity contribution < 1.29 is 19.3 Å². The van der Waals surface area contributed by atoms with Crippen molar-refractivity contribution in [1.29, 1.82) is 0 Å². The fraction of sp³-hybridized carbons (Fsp3) is 0.345. The fourth-order valence-corrected chi connectivity index (χ4v) is 7.03. The third-order valence-corrected chi connectivity index (χ3v) is 9.13. The topological polar surface area (TPSA) is 124 Å². The van der Waals surface area contributed by atoms with Gasteiger partial charge in [0.25, 0.3) is 5.69 Å². The highest BCUT2D eigenvalue weighted by atomic mass is 32.1. The molecule has 196 valence electrons. The van der Waals surface area contributed by atoms with Gasteiger partial charge in [0.05, 0.1) is 16.9 Å². The van der Waals surface area contributed by atoms with Crippen LogP contribution < -0.4 is 5.73 Å². The minimum Gasteiger partial charge on any atom is -0.368 e. The van der Waals surface area contributed by atoms with Crippen LogP contribution >= 0.6 is 11.3 Å². The number of nitro benzene ring substituents is 1. The van der Waals surface area contributed by atoms with Crippen molar-refractivity contribution in [1.82, 2.24) is 4.90 Å². The second-order valence-electron chi connectivity index (χ2n) is 10.2. The van der Waals surface area contributed by atoms with Crippen LogP contribution in [0.2, 0.25) is 0 Å². The standard InChI is InChI=1S/C29H29N3O5S/c1-16-7-3-4-12-21(16)26(33)22-23(27-17(2)13-14-38-27)25(28(30)34)31(29(35)18-8-5-9-18)24(22)19-10-6-11-20(15-19)32(36)37/h3-4,6-7,10-15,18,22-25H,5,8-9H2,1-2H3,(H2,30,34). The fourth-order valence-electron chi connectivity index (χ4n) is 5.92. The zero-order chi connectivity index (χ0) is 27.1. The summed E-state index contributed by atoms with van der Waals surface area (Å²) in [6.07, 6.45) is 2.30. The van der Waals surface area contributed by atoms with E-state index in [9.17, 15) is 24.5 Å². The highest BCUT2D eigenvalue weighted by Gasteiger charge is 2.58. The molecule has 2 N–H and O–H groups in total. The first kappa shape index (κ1) is 25.8. The molecule has 0 bridgehead atoms. The molecule has 38 heavy (non-hydrogen) atoms. The Balaban J connectivity index is 1.78. The molecule has 1 aliphatic carbocycles. The number of amides is 2. The Morgan fingerprint density at radius 1 is 1.03 bits per heavy atom. The van der Waals surface area contributed by atoms with Crippen LogP contribution in [0.3, 0.4) is 0 Å². The van der Waals surface area contributed by atoms with E-state index in [0.717, 1.165) is 22.4 Å². The normalized spacial score (nSPS) is 23.2. The molecule has 2 aliphatic rings. The lowest BCUT2D eigenvalue weighted by molar-refractivity contribution is -0.385. The average molecular weight is 532 g/mol. The molecule has 5 rings (SSSR count). The number of nitro groups is 1. The van der Waals surface area contributed by atoms with Crippen LogP contribution in [0.4, 0.5) is 5.69 Å². The van der Waals surface area contributed by atoms with Crippen molar-refractivity contribution in [3.8, 4) is 0 Å². The first-order chi connectivity index (χ1) is 18.2. The molecular weight excluding hydrogens is 502 g/mol. The molecule has 1 aromatic heterocycles. The second-order valence-corrected chi connectivity index (χ2v) is 11.2. The Hall–Kier alpha value is -3.85. The third kappa shape index (κ3) is 4.30. The van der Waals surface area contributed by atoms with Crippen LogP contribution in [0.25, 0.3) is 0 Å². The molecule has 3 aromatic rings. The van der Waals surface area contributed by atoms with Gasteiger partial charge in [0.1, 0.15) is 6.04 Å². The van der Waals surface area contributed by atoms with E-state index in [1.54, 1.807) is 24.3 Å². The summed E-state index contributed by atoms with van der Waals surface area (Å²) in [4.78, 5) is 55.1. The summed E-state index contributed by atoms with van der Waals surface area (Å²) in [5.41, 5.74) is 8.51. The van der Waals surface area contributed by atoms with Gasteiger partial charge in [-0.1, -0.05) is 42.8 Å². The maximum absolute atomic E-state index is 14.5. The molecule has 4 atom stereocenters. The minimum atomic E-state index is -1.07. The number of ketones is 1. The highest BCUT2D eigenvalue weighted by Crippen LogP contribution is 2.54. The molecule has 0 radical (unpaired) electrons. The van der Waals surface area contributed by atoms with Gasteiger partial charge in [-0.15, -0.1) is 11.3 Å². The number of benzene rings is 2. The number of carbonyl (C=O) groups is 3. The van der Waals surface area contributed by atoms with Crippen LogP contribution in [-0.4, -0.2) is 33.5 Å². The van der Waals surface area contributed by atoms with Gasteiger partial charge in [0.2, 0.25) is 11.8 Å². The maximum atomic E-state index is 14.5. The molecule has 2 amide bonds. The van der Waals surface area contributed by atoms with Gasteiger partial charge in [-0.2, -0.15) is 0 Å². The first-order valence-electron chi connectivity index (χ1n) is 12.7. The van der Waals surface area contributed by atoms with Gasteiger partial charge in [-0.25, -0.2) is 0 Å². The number of nitrogens with zero attached hydrogens (tertiary/aromatic N) is 2. The summed E-state index contributed by atoms with van der Waals surface area (Å²) in [5.74, 6) is -2.95. The first-order valence-corrected chi connectivity index (χ1v) is 13.6. The predicted octanol–water partition coefficient (Wildman–Crippen LogP) is 5.09. The molecule has 1 saturated carbocycles. The van der Waals surface area contributed by atoms with Gasteiger partial charge in [0, 0.05) is 34.4 Å². The summed E-state index contributed by atoms with van der Waals surface area (Å²) < 4.78 is 0. The van der Waals surface area contributed by atoms with Crippen LogP contribution in [0.1, 0.15) is 63.1 Å². The summed E-state index contributed by atoms with van der Waals surface area (Å²) in [5, 5.41) is 13.6. The van der Waals surface area contributed by atoms with Crippen LogP contribution in [0, 0.1) is 35.8 Å². The molecule has 2 heterocycles. The Kier molecular flexibility index (Phi) is 6.88. The molecule has 1 aliphatic heterocycles. The van der Waals surface area contributed by atoms with Gasteiger partial charge in [-0.3, -0.25) is 24.5 Å². The predicted molar refractivity (Wildman–Crippen MR) is 144 cm³/mol. The average Bonchev–Trinajstić information content (AvgIpc) is 3.43. The maximum Gasteiger partial charge on any atom is 0.269 e. The molecule has 4 unspecified atom stereocenters. The van der Waals surface area contributed by atoms with Crippen molar-refractivity contribution >= 4 is 34.6 Å². The Morgan fingerprint density at radius 3 is 2.34 bits per heavy atom. The molecule has 1 saturated heterocycles. The minimum absolute atomic E-state index is 0.146. The molecule has 8 nitrogen and oxygen atoms in total. The smallest absolute Gasteiger partial charge is 0.269 e. The van der Waals surface area contributed by atoms with Crippen molar-refractivity contribution in [2.24, 2.45) is 17.6 Å². The Bertz CT molecular complexity index is 1430. The summed E-state index contributed by atoms with van der Waals surface area (Å²) in [6, 6.07) is 13.2. The summed E-state index contributed by atoms with van der Waals surface area (Å²) in [7, 11) is 0. The zero-order valence-electron chi connectivity index (χ0n) is 21.2. The monoisotopic (exact) mass is 531 g/mol. The van der Waals surface area contributed by atoms with Crippen LogP contribution in [-0.2, 0) is 9.59 Å². The number of thiophene rings is 1. The van der Waals surface area contributed by atoms with E-state index in [1.807, 2.05) is 37.4 Å². The molecule has 0 spiro atoms. The largest absolute Gasteiger partial charge is 0.368 e. The lowest BCUT2D eigenvalue weighted by atomic mass is 9.77. The molecule has 9 heteroatoms. The number of non-ortho nitro benzene ring substituents is 1. The summed E-state index contributed by atoms with van der Waals surface area (Å²) >= 11 is 1.43. The second kappa shape index (κ2) is 10.1. The van der Waals surface area contributed by atoms with Crippen molar-refractivity contribution in [2.45, 2.75) is 51.1 Å². The lowest BCUT2D eigenvalue weighted by Gasteiger charge is -2.36.